The van der Waals surface area contributed by atoms with Crippen LogP contribution in [0.15, 0.2) is 24.3 Å². The molecular weight excluding hydrogens is 216 g/mol. The highest BCUT2D eigenvalue weighted by atomic mass is 16.3. The van der Waals surface area contributed by atoms with E-state index in [9.17, 15) is 9.90 Å². The molecule has 0 aliphatic rings. The second-order valence-electron chi connectivity index (χ2n) is 4.53. The maximum absolute atomic E-state index is 11.5. The van der Waals surface area contributed by atoms with Crippen molar-refractivity contribution < 1.29 is 9.90 Å². The largest absolute Gasteiger partial charge is 0.389 e. The molecule has 0 aliphatic heterocycles. The summed E-state index contributed by atoms with van der Waals surface area (Å²) in [6.07, 6.45) is -0.532. The first kappa shape index (κ1) is 13.5. The number of amides is 2. The zero-order chi connectivity index (χ0) is 12.8. The molecule has 1 atom stereocenters. The lowest BCUT2D eigenvalue weighted by atomic mass is 10.1. The van der Waals surface area contributed by atoms with E-state index in [0.717, 1.165) is 5.56 Å². The summed E-state index contributed by atoms with van der Waals surface area (Å²) in [5, 5.41) is 14.9. The summed E-state index contributed by atoms with van der Waals surface area (Å²) in [7, 11) is 0. The van der Waals surface area contributed by atoms with Crippen molar-refractivity contribution in [3.63, 3.8) is 0 Å². The van der Waals surface area contributed by atoms with Crippen LogP contribution >= 0.6 is 0 Å². The van der Waals surface area contributed by atoms with E-state index in [1.54, 1.807) is 25.1 Å². The maximum Gasteiger partial charge on any atom is 0.319 e. The number of hydrogen-bond acceptors (Lipinski definition) is 2. The normalized spacial score (nSPS) is 12.3. The van der Waals surface area contributed by atoms with Gasteiger partial charge in [-0.05, 0) is 30.5 Å². The number of benzene rings is 1. The Morgan fingerprint density at radius 2 is 2.06 bits per heavy atom. The average Bonchev–Trinajstić information content (AvgIpc) is 2.26. The predicted octanol–water partition coefficient (Wildman–Crippen LogP) is 2.52. The average molecular weight is 236 g/mol. The molecule has 17 heavy (non-hydrogen) atoms. The Morgan fingerprint density at radius 1 is 1.35 bits per heavy atom. The fourth-order valence-corrected chi connectivity index (χ4v) is 1.35. The number of rotatable bonds is 4. The van der Waals surface area contributed by atoms with Gasteiger partial charge in [0.25, 0.3) is 0 Å². The summed E-state index contributed by atoms with van der Waals surface area (Å²) in [5.74, 6) is 0.421. The minimum atomic E-state index is -0.532. The number of carbonyl (C=O) groups excluding carboxylic acids is 1. The number of urea groups is 1. The van der Waals surface area contributed by atoms with Crippen molar-refractivity contribution in [2.75, 3.05) is 11.9 Å². The summed E-state index contributed by atoms with van der Waals surface area (Å²) in [4.78, 5) is 11.5. The van der Waals surface area contributed by atoms with Crippen LogP contribution in [0.5, 0.6) is 0 Å². The molecule has 0 radical (unpaired) electrons. The van der Waals surface area contributed by atoms with Crippen LogP contribution in [0.4, 0.5) is 10.5 Å². The van der Waals surface area contributed by atoms with Crippen molar-refractivity contribution in [2.24, 2.45) is 5.92 Å². The predicted molar refractivity (Wildman–Crippen MR) is 68.9 cm³/mol. The van der Waals surface area contributed by atoms with Gasteiger partial charge in [0.05, 0.1) is 6.10 Å². The first-order valence-electron chi connectivity index (χ1n) is 5.82. The first-order valence-corrected chi connectivity index (χ1v) is 5.82. The standard InChI is InChI=1S/C13H20N2O2/c1-9(2)8-14-13(17)15-12-6-4-5-11(7-12)10(3)16/h4-7,9-10,16H,8H2,1-3H3,(H2,14,15,17). The van der Waals surface area contributed by atoms with E-state index >= 15 is 0 Å². The van der Waals surface area contributed by atoms with E-state index in [-0.39, 0.29) is 6.03 Å². The summed E-state index contributed by atoms with van der Waals surface area (Å²) >= 11 is 0. The van der Waals surface area contributed by atoms with Gasteiger partial charge in [-0.1, -0.05) is 26.0 Å². The molecule has 0 bridgehead atoms. The van der Waals surface area contributed by atoms with Gasteiger partial charge in [0.2, 0.25) is 0 Å². The van der Waals surface area contributed by atoms with E-state index in [2.05, 4.69) is 10.6 Å². The number of nitrogens with one attached hydrogen (secondary N) is 2. The molecule has 0 aliphatic carbocycles. The zero-order valence-corrected chi connectivity index (χ0v) is 10.5. The van der Waals surface area contributed by atoms with Gasteiger partial charge >= 0.3 is 6.03 Å². The van der Waals surface area contributed by atoms with Crippen molar-refractivity contribution >= 4 is 11.7 Å². The SMILES string of the molecule is CC(C)CNC(=O)Nc1cccc(C(C)O)c1. The Kier molecular flexibility index (Phi) is 4.97. The van der Waals surface area contributed by atoms with E-state index in [1.807, 2.05) is 19.9 Å². The van der Waals surface area contributed by atoms with Crippen molar-refractivity contribution in [1.82, 2.24) is 5.32 Å². The fraction of sp³-hybridized carbons (Fsp3) is 0.462. The molecule has 2 amide bonds. The van der Waals surface area contributed by atoms with Gasteiger partial charge in [0, 0.05) is 12.2 Å². The molecule has 0 saturated carbocycles. The third-order valence-corrected chi connectivity index (χ3v) is 2.30. The van der Waals surface area contributed by atoms with E-state index in [0.29, 0.717) is 18.2 Å². The Balaban J connectivity index is 2.56. The van der Waals surface area contributed by atoms with Gasteiger partial charge in [-0.2, -0.15) is 0 Å². The van der Waals surface area contributed by atoms with Crippen molar-refractivity contribution in [1.29, 1.82) is 0 Å². The third-order valence-electron chi connectivity index (χ3n) is 2.30. The summed E-state index contributed by atoms with van der Waals surface area (Å²) < 4.78 is 0. The van der Waals surface area contributed by atoms with Crippen LogP contribution in [0.25, 0.3) is 0 Å². The Labute approximate surface area is 102 Å². The topological polar surface area (TPSA) is 61.4 Å². The molecule has 0 saturated heterocycles. The van der Waals surface area contributed by atoms with Crippen LogP contribution in [-0.2, 0) is 0 Å². The number of aliphatic hydroxyl groups excluding tert-OH is 1. The van der Waals surface area contributed by atoms with Crippen LogP contribution in [0.1, 0.15) is 32.4 Å². The Bertz CT molecular complexity index is 375. The maximum atomic E-state index is 11.5. The lowest BCUT2D eigenvalue weighted by molar-refractivity contribution is 0.199. The number of carbonyl (C=O) groups is 1. The molecule has 0 fully saturated rings. The molecular formula is C13H20N2O2. The van der Waals surface area contributed by atoms with Gasteiger partial charge in [0.15, 0.2) is 0 Å². The molecule has 3 N–H and O–H groups in total. The van der Waals surface area contributed by atoms with Crippen LogP contribution < -0.4 is 10.6 Å². The van der Waals surface area contributed by atoms with E-state index < -0.39 is 6.10 Å². The van der Waals surface area contributed by atoms with E-state index in [1.165, 1.54) is 0 Å². The molecule has 1 rings (SSSR count). The highest BCUT2D eigenvalue weighted by molar-refractivity contribution is 5.89. The summed E-state index contributed by atoms with van der Waals surface area (Å²) in [6.45, 7) is 6.41. The minimum absolute atomic E-state index is 0.221. The van der Waals surface area contributed by atoms with Crippen LogP contribution in [-0.4, -0.2) is 17.7 Å². The Morgan fingerprint density at radius 3 is 2.65 bits per heavy atom. The molecule has 0 aromatic heterocycles. The number of hydrogen-bond donors (Lipinski definition) is 3. The molecule has 1 aromatic rings. The zero-order valence-electron chi connectivity index (χ0n) is 10.5. The second-order valence-corrected chi connectivity index (χ2v) is 4.53. The van der Waals surface area contributed by atoms with Gasteiger partial charge in [-0.3, -0.25) is 0 Å². The molecule has 0 spiro atoms. The number of aliphatic hydroxyl groups is 1. The van der Waals surface area contributed by atoms with Crippen LogP contribution in [0.3, 0.4) is 0 Å². The molecule has 4 heteroatoms. The Hall–Kier alpha value is -1.55. The van der Waals surface area contributed by atoms with Gasteiger partial charge < -0.3 is 15.7 Å². The first-order chi connectivity index (χ1) is 7.99. The summed E-state index contributed by atoms with van der Waals surface area (Å²) in [6, 6.07) is 6.96. The molecule has 0 heterocycles. The monoisotopic (exact) mass is 236 g/mol. The quantitative estimate of drug-likeness (QED) is 0.752. The van der Waals surface area contributed by atoms with Gasteiger partial charge in [-0.15, -0.1) is 0 Å². The minimum Gasteiger partial charge on any atom is -0.389 e. The van der Waals surface area contributed by atoms with Crippen molar-refractivity contribution in [2.45, 2.75) is 26.9 Å². The summed E-state index contributed by atoms with van der Waals surface area (Å²) in [5.41, 5.74) is 1.47. The van der Waals surface area contributed by atoms with Crippen molar-refractivity contribution in [3.8, 4) is 0 Å². The molecule has 94 valence electrons. The van der Waals surface area contributed by atoms with Gasteiger partial charge in [-0.25, -0.2) is 4.79 Å². The molecule has 1 unspecified atom stereocenters. The molecule has 1 aromatic carbocycles. The van der Waals surface area contributed by atoms with E-state index in [4.69, 9.17) is 0 Å². The number of anilines is 1. The highest BCUT2D eigenvalue weighted by Crippen LogP contribution is 2.16. The lowest BCUT2D eigenvalue weighted by Gasteiger charge is -2.11. The second kappa shape index (κ2) is 6.25. The van der Waals surface area contributed by atoms with Crippen molar-refractivity contribution in [3.05, 3.63) is 29.8 Å². The smallest absolute Gasteiger partial charge is 0.319 e. The van der Waals surface area contributed by atoms with Crippen LogP contribution in [0, 0.1) is 5.92 Å². The van der Waals surface area contributed by atoms with Crippen LogP contribution in [0.2, 0.25) is 0 Å². The lowest BCUT2D eigenvalue weighted by Crippen LogP contribution is -2.31. The highest BCUT2D eigenvalue weighted by Gasteiger charge is 2.05. The third kappa shape index (κ3) is 4.87. The fourth-order valence-electron chi connectivity index (χ4n) is 1.35. The molecule has 4 nitrogen and oxygen atoms in total. The van der Waals surface area contributed by atoms with Gasteiger partial charge in [0.1, 0.15) is 0 Å².